The largest absolute Gasteiger partial charge is 0.372 e. The fraction of sp³-hybridized carbons (Fsp3) is 0.591. The normalized spacial score (nSPS) is 13.6. The average molecular weight is 2070 g/mol. The SMILES string of the molecule is CC(=O)N(C)c1ccc(CCCCCCCS(=O)(=O)C(C)(C)C)cc1.CC(C)(C)S(=O)(=O)CCCCCCCc1ccc(I)cc1.CC(C)(C)S(=O)(=O)CCCCCCCc1ccc(N2CCCCC2)cc1.CCn1c2ccccc2c2cc(CCCCCCCS(=O)(=O)C(C)(C)C)ccc21.Cc1cc(CCCCCCCS(=O)(=O)C(C)(C)C)ccc1N1C(=O)c2ccc(Cl)cc2C1=O. The highest BCUT2D eigenvalue weighted by Crippen LogP contribution is 2.36. The number of aromatic nitrogens is 1. The van der Waals surface area contributed by atoms with Gasteiger partial charge in [0.2, 0.25) is 5.91 Å². The van der Waals surface area contributed by atoms with Crippen molar-refractivity contribution in [3.8, 4) is 0 Å². The smallest absolute Gasteiger partial charge is 0.266 e. The monoisotopic (exact) mass is 2070 g/mol. The van der Waals surface area contributed by atoms with E-state index in [0.717, 1.165) is 184 Å². The summed E-state index contributed by atoms with van der Waals surface area (Å²) in [5, 5.41) is 3.12. The maximum Gasteiger partial charge on any atom is 0.266 e. The highest BCUT2D eigenvalue weighted by molar-refractivity contribution is 14.1. The van der Waals surface area contributed by atoms with Crippen LogP contribution in [0.15, 0.2) is 152 Å². The van der Waals surface area contributed by atoms with Crippen molar-refractivity contribution in [2.75, 3.05) is 63.6 Å². The number of amides is 3. The Bertz CT molecular complexity index is 5600. The highest BCUT2D eigenvalue weighted by Gasteiger charge is 2.38. The molecule has 0 bridgehead atoms. The molecule has 0 spiro atoms. The fourth-order valence-corrected chi connectivity index (χ4v) is 22.7. The molecular weight excluding hydrogens is 1910 g/mol. The lowest BCUT2D eigenvalue weighted by atomic mass is 10.0. The second kappa shape index (κ2) is 54.3. The second-order valence-corrected chi connectivity index (χ2v) is 57.7. The number of hydrogen-bond acceptors (Lipinski definition) is 14. The van der Waals surface area contributed by atoms with Gasteiger partial charge >= 0.3 is 0 Å². The molecule has 0 atom stereocenters. The van der Waals surface area contributed by atoms with Crippen LogP contribution in [0.25, 0.3) is 21.8 Å². The van der Waals surface area contributed by atoms with Gasteiger partial charge in [0.1, 0.15) is 0 Å². The first kappa shape index (κ1) is 116. The van der Waals surface area contributed by atoms with Gasteiger partial charge in [0.05, 0.1) is 69.3 Å². The van der Waals surface area contributed by atoms with Crippen LogP contribution in [-0.2, 0) is 92.6 Å². The Morgan fingerprint density at radius 1 is 0.373 bits per heavy atom. The van der Waals surface area contributed by atoms with Crippen molar-refractivity contribution < 1.29 is 56.5 Å². The number of carbonyl (C=O) groups is 3. The molecule has 2 aliphatic heterocycles. The molecule has 0 unspecified atom stereocenters. The first-order valence-corrected chi connectivity index (χ1v) is 59.3. The number of rotatable bonds is 44. The maximum atomic E-state index is 12.8. The summed E-state index contributed by atoms with van der Waals surface area (Å²) in [7, 11) is -13.1. The number of para-hydroxylation sites is 1. The minimum atomic E-state index is -3.04. The van der Waals surface area contributed by atoms with Crippen molar-refractivity contribution in [2.45, 2.75) is 367 Å². The van der Waals surface area contributed by atoms with Gasteiger partial charge in [0.25, 0.3) is 11.8 Å². The third-order valence-electron chi connectivity index (χ3n) is 25.9. The van der Waals surface area contributed by atoms with Gasteiger partial charge in [-0.05, 0) is 368 Å². The molecule has 134 heavy (non-hydrogen) atoms. The molecule has 0 radical (unpaired) electrons. The Morgan fingerprint density at radius 2 is 0.701 bits per heavy atom. The first-order chi connectivity index (χ1) is 62.7. The van der Waals surface area contributed by atoms with Gasteiger partial charge in [-0.25, -0.2) is 47.0 Å². The van der Waals surface area contributed by atoms with Crippen LogP contribution in [-0.4, -0.2) is 137 Å². The zero-order valence-corrected chi connectivity index (χ0v) is 91.8. The van der Waals surface area contributed by atoms with E-state index in [1.807, 2.05) is 37.3 Å². The molecule has 10 rings (SSSR count). The summed E-state index contributed by atoms with van der Waals surface area (Å²) in [6.07, 6.45) is 34.8. The summed E-state index contributed by atoms with van der Waals surface area (Å²) >= 11 is 8.32. The molecule has 3 heterocycles. The van der Waals surface area contributed by atoms with Crippen LogP contribution in [0.4, 0.5) is 17.1 Å². The molecule has 7 aromatic carbocycles. The van der Waals surface area contributed by atoms with Gasteiger partial charge in [-0.1, -0.05) is 181 Å². The maximum absolute atomic E-state index is 12.8. The molecule has 1 saturated heterocycles. The number of benzene rings is 7. The van der Waals surface area contributed by atoms with Gasteiger partial charge in [0, 0.05) is 75.4 Å². The summed E-state index contributed by atoms with van der Waals surface area (Å²) < 4.78 is 121. The van der Waals surface area contributed by atoms with Gasteiger partial charge in [0.15, 0.2) is 49.2 Å². The Hall–Kier alpha value is -6.48. The summed E-state index contributed by atoms with van der Waals surface area (Å²) in [5.41, 5.74) is 13.7. The van der Waals surface area contributed by atoms with E-state index < -0.39 is 72.9 Å². The molecule has 0 saturated carbocycles. The average Bonchev–Trinajstić information content (AvgIpc) is 1.61. The van der Waals surface area contributed by atoms with E-state index in [-0.39, 0.29) is 23.5 Å². The summed E-state index contributed by atoms with van der Waals surface area (Å²) in [6, 6.07) is 52.0. The molecule has 8 aromatic rings. The Kier molecular flexibility index (Phi) is 47.1. The number of carbonyl (C=O) groups excluding carboxylic acids is 3. The molecule has 24 heteroatoms. The number of nitrogens with zero attached hydrogens (tertiary/aromatic N) is 4. The molecule has 0 N–H and O–H groups in total. The molecule has 17 nitrogen and oxygen atoms in total. The zero-order valence-electron chi connectivity index (χ0n) is 84.8. The number of sulfone groups is 5. The highest BCUT2D eigenvalue weighted by atomic mass is 127. The van der Waals surface area contributed by atoms with Crippen molar-refractivity contribution in [3.63, 3.8) is 0 Å². The first-order valence-electron chi connectivity index (χ1n) is 49.5. The quantitative estimate of drug-likeness (QED) is 0.0196. The molecule has 1 aromatic heterocycles. The number of anilines is 3. The fourth-order valence-electron chi connectivity index (χ4n) is 16.2. The predicted octanol–water partition coefficient (Wildman–Crippen LogP) is 27.4. The Labute approximate surface area is 829 Å². The lowest BCUT2D eigenvalue weighted by Crippen LogP contribution is -2.30. The van der Waals surface area contributed by atoms with Crippen molar-refractivity contribution in [2.24, 2.45) is 0 Å². The molecule has 0 aliphatic carbocycles. The molecule has 1 fully saturated rings. The van der Waals surface area contributed by atoms with E-state index in [4.69, 9.17) is 11.6 Å². The van der Waals surface area contributed by atoms with E-state index in [9.17, 15) is 56.5 Å². The summed E-state index contributed by atoms with van der Waals surface area (Å²) in [6.45, 7) is 35.7. The van der Waals surface area contributed by atoms with E-state index in [0.29, 0.717) is 51.3 Å². The van der Waals surface area contributed by atoms with E-state index >= 15 is 0 Å². The van der Waals surface area contributed by atoms with Crippen LogP contribution in [0.3, 0.4) is 0 Å². The van der Waals surface area contributed by atoms with Crippen LogP contribution in [0.1, 0.15) is 352 Å². The Balaban J connectivity index is 0.000000260. The van der Waals surface area contributed by atoms with Gasteiger partial charge in [-0.2, -0.15) is 0 Å². The predicted molar refractivity (Wildman–Crippen MR) is 578 cm³/mol. The Morgan fingerprint density at radius 3 is 1.08 bits per heavy atom. The molecule has 3 amide bonds. The van der Waals surface area contributed by atoms with Crippen LogP contribution in [0, 0.1) is 10.5 Å². The number of aryl methyl sites for hydroxylation is 7. The van der Waals surface area contributed by atoms with Crippen LogP contribution >= 0.6 is 34.2 Å². The number of imide groups is 1. The lowest BCUT2D eigenvalue weighted by molar-refractivity contribution is -0.116. The molecule has 746 valence electrons. The minimum Gasteiger partial charge on any atom is -0.372 e. The summed E-state index contributed by atoms with van der Waals surface area (Å²) in [4.78, 5) is 42.3. The van der Waals surface area contributed by atoms with Gasteiger partial charge < -0.3 is 14.4 Å². The van der Waals surface area contributed by atoms with Crippen LogP contribution < -0.4 is 14.7 Å². The third kappa shape index (κ3) is 37.6. The molecular formula is C110H164ClIN4O13S5. The third-order valence-corrected chi connectivity index (χ3v) is 40.3. The van der Waals surface area contributed by atoms with Crippen molar-refractivity contribution >= 4 is 140 Å². The van der Waals surface area contributed by atoms with Crippen LogP contribution in [0.5, 0.6) is 0 Å². The summed E-state index contributed by atoms with van der Waals surface area (Å²) in [5.74, 6) is 0.874. The standard InChI is InChI=1S/C26H32ClNO4S.C25H35NO2S.C22H37NO2S.C20H33NO3S.C17H27IO2S/c1-18-16-19(10-8-6-5-7-9-15-33(31,32)26(2,3)4)11-14-23(18)28-24(29)21-13-12-20(27)17-22(21)25(28)30;1-5-26-23-15-11-10-14-21(23)22-19-20(16-17-24(22)26)13-9-7-6-8-12-18-29(27,28)25(2,3)4;1-22(2,3)26(24,25)19-11-6-4-5-8-12-20-13-15-21(16-14-20)23-17-9-7-10-18-23;1-17(22)21(5)19-14-12-18(13-15-19)11-9-7-6-8-10-16-25(23,24)20(2,3)4;1-17(2,3)21(19,20)14-8-6-4-5-7-9-15-10-12-16(18)13-11-15/h11-14,16-17H,5-10,15H2,1-4H3;10-11,14-17,19H,5-9,12-13,18H2,1-4H3;13-16H,4-12,17-19H2,1-3H3;12-15H,6-11,16H2,1-5H3;10-13H,4-9,14H2,1-3H3. The van der Waals surface area contributed by atoms with Crippen molar-refractivity contribution in [1.82, 2.24) is 4.57 Å². The molecule has 2 aliphatic rings. The number of fused-ring (bicyclic) bond motifs is 4. The number of unbranched alkanes of at least 4 members (excludes halogenated alkanes) is 20. The number of halogens is 2. The zero-order chi connectivity index (χ0) is 99.5. The van der Waals surface area contributed by atoms with Gasteiger partial charge in [-0.15, -0.1) is 0 Å². The van der Waals surface area contributed by atoms with E-state index in [1.54, 1.807) is 141 Å². The topological polar surface area (TPSA) is 237 Å². The number of piperidine rings is 1. The van der Waals surface area contributed by atoms with Crippen LogP contribution in [0.2, 0.25) is 5.02 Å². The van der Waals surface area contributed by atoms with E-state index in [1.165, 1.54) is 116 Å². The van der Waals surface area contributed by atoms with Crippen molar-refractivity contribution in [3.05, 3.63) is 205 Å². The van der Waals surface area contributed by atoms with Gasteiger partial charge in [-0.3, -0.25) is 14.4 Å². The van der Waals surface area contributed by atoms with E-state index in [2.05, 4.69) is 142 Å². The minimum absolute atomic E-state index is 0.0289. The second-order valence-electron chi connectivity index (χ2n) is 41.7. The van der Waals surface area contributed by atoms with Crippen molar-refractivity contribution in [1.29, 1.82) is 0 Å². The lowest BCUT2D eigenvalue weighted by Gasteiger charge is -2.28. The number of hydrogen-bond donors (Lipinski definition) is 0.